The lowest BCUT2D eigenvalue weighted by Crippen LogP contribution is -2.48. The van der Waals surface area contributed by atoms with E-state index in [1.165, 1.54) is 10.4 Å². The van der Waals surface area contributed by atoms with Crippen LogP contribution in [-0.2, 0) is 11.2 Å². The van der Waals surface area contributed by atoms with Gasteiger partial charge in [0.05, 0.1) is 6.04 Å². The van der Waals surface area contributed by atoms with Gasteiger partial charge in [-0.2, -0.15) is 0 Å². The van der Waals surface area contributed by atoms with Crippen LogP contribution in [0.2, 0.25) is 0 Å². The predicted molar refractivity (Wildman–Crippen MR) is 137 cm³/mol. The number of aryl methyl sites for hydroxylation is 2. The highest BCUT2D eigenvalue weighted by Crippen LogP contribution is 2.34. The lowest BCUT2D eigenvalue weighted by molar-refractivity contribution is -0.135. The van der Waals surface area contributed by atoms with Gasteiger partial charge < -0.3 is 14.5 Å². The van der Waals surface area contributed by atoms with Crippen LogP contribution in [0.3, 0.4) is 0 Å². The molecule has 0 N–H and O–H groups in total. The molecular weight excluding hydrogens is 444 g/mol. The summed E-state index contributed by atoms with van der Waals surface area (Å²) in [6.07, 6.45) is 1.62. The van der Waals surface area contributed by atoms with Crippen molar-refractivity contribution in [3.05, 3.63) is 87.1 Å². The van der Waals surface area contributed by atoms with Crippen molar-refractivity contribution in [2.45, 2.75) is 39.7 Å². The van der Waals surface area contributed by atoms with Crippen LogP contribution in [0.1, 0.15) is 51.3 Å². The van der Waals surface area contributed by atoms with Crippen molar-refractivity contribution in [1.82, 2.24) is 9.80 Å². The first-order valence-electron chi connectivity index (χ1n) is 11.9. The van der Waals surface area contributed by atoms with Crippen LogP contribution >= 0.6 is 11.3 Å². The molecule has 1 aromatic heterocycles. The maximum absolute atomic E-state index is 13.6. The van der Waals surface area contributed by atoms with Crippen molar-refractivity contribution < 1.29 is 14.3 Å². The number of fused-ring (bicyclic) bond motifs is 1. The van der Waals surface area contributed by atoms with E-state index in [-0.39, 0.29) is 24.4 Å². The molecule has 6 heteroatoms. The Morgan fingerprint density at radius 2 is 1.71 bits per heavy atom. The van der Waals surface area contributed by atoms with E-state index in [0.29, 0.717) is 25.3 Å². The molecule has 0 aliphatic carbocycles. The number of thiophene rings is 1. The Hall–Kier alpha value is -3.12. The molecule has 178 valence electrons. The number of amides is 2. The van der Waals surface area contributed by atoms with Gasteiger partial charge in [-0.15, -0.1) is 11.3 Å². The zero-order chi connectivity index (χ0) is 24.1. The van der Waals surface area contributed by atoms with E-state index in [1.54, 1.807) is 16.2 Å². The third-order valence-corrected chi connectivity index (χ3v) is 7.25. The van der Waals surface area contributed by atoms with Crippen LogP contribution < -0.4 is 4.74 Å². The molecule has 0 fully saturated rings. The molecule has 0 saturated heterocycles. The maximum atomic E-state index is 13.6. The van der Waals surface area contributed by atoms with Gasteiger partial charge in [-0.05, 0) is 68.0 Å². The summed E-state index contributed by atoms with van der Waals surface area (Å²) in [7, 11) is 0. The minimum absolute atomic E-state index is 0.0386. The van der Waals surface area contributed by atoms with E-state index in [0.717, 1.165) is 29.7 Å². The highest BCUT2D eigenvalue weighted by atomic mass is 32.1. The van der Waals surface area contributed by atoms with Gasteiger partial charge in [0.2, 0.25) is 5.91 Å². The van der Waals surface area contributed by atoms with Crippen molar-refractivity contribution in [2.24, 2.45) is 0 Å². The molecule has 2 heterocycles. The summed E-state index contributed by atoms with van der Waals surface area (Å²) in [6.45, 7) is 7.70. The molecule has 34 heavy (non-hydrogen) atoms. The molecule has 1 atom stereocenters. The molecule has 2 amide bonds. The Balaban J connectivity index is 1.51. The second-order valence-electron chi connectivity index (χ2n) is 8.87. The minimum Gasteiger partial charge on any atom is -0.491 e. The minimum atomic E-state index is -0.165. The van der Waals surface area contributed by atoms with Crippen molar-refractivity contribution in [3.63, 3.8) is 0 Å². The molecule has 4 rings (SSSR count). The highest BCUT2D eigenvalue weighted by molar-refractivity contribution is 7.10. The second kappa shape index (κ2) is 10.9. The number of ether oxygens (including phenoxy) is 1. The molecule has 0 spiro atoms. The highest BCUT2D eigenvalue weighted by Gasteiger charge is 2.33. The fourth-order valence-electron chi connectivity index (χ4n) is 4.34. The molecular formula is C28H32N2O3S. The first-order chi connectivity index (χ1) is 16.5. The van der Waals surface area contributed by atoms with E-state index >= 15 is 0 Å². The molecule has 1 aliphatic heterocycles. The Kier molecular flexibility index (Phi) is 7.68. The van der Waals surface area contributed by atoms with Gasteiger partial charge in [-0.1, -0.05) is 42.3 Å². The van der Waals surface area contributed by atoms with Crippen LogP contribution in [0, 0.1) is 13.8 Å². The third kappa shape index (κ3) is 5.50. The average molecular weight is 477 g/mol. The van der Waals surface area contributed by atoms with Crippen molar-refractivity contribution in [2.75, 3.05) is 26.2 Å². The molecule has 0 bridgehead atoms. The zero-order valence-corrected chi connectivity index (χ0v) is 20.9. The van der Waals surface area contributed by atoms with Crippen molar-refractivity contribution >= 4 is 23.2 Å². The smallest absolute Gasteiger partial charge is 0.254 e. The van der Waals surface area contributed by atoms with Crippen molar-refractivity contribution in [3.8, 4) is 5.75 Å². The average Bonchev–Trinajstić information content (AvgIpc) is 3.32. The molecule has 1 aliphatic rings. The lowest BCUT2D eigenvalue weighted by atomic mass is 10.00. The summed E-state index contributed by atoms with van der Waals surface area (Å²) in [5.41, 5.74) is 4.05. The quantitative estimate of drug-likeness (QED) is 0.436. The second-order valence-corrected chi connectivity index (χ2v) is 9.87. The summed E-state index contributed by atoms with van der Waals surface area (Å²) < 4.78 is 6.12. The molecule has 5 nitrogen and oxygen atoms in total. The summed E-state index contributed by atoms with van der Waals surface area (Å²) in [5, 5.41) is 2.09. The Labute approximate surface area is 206 Å². The van der Waals surface area contributed by atoms with Gasteiger partial charge in [-0.25, -0.2) is 0 Å². The largest absolute Gasteiger partial charge is 0.491 e. The number of rotatable bonds is 8. The van der Waals surface area contributed by atoms with Crippen molar-refractivity contribution in [1.29, 1.82) is 0 Å². The Bertz CT molecular complexity index is 1120. The number of hydrogen-bond acceptors (Lipinski definition) is 4. The van der Waals surface area contributed by atoms with E-state index in [4.69, 9.17) is 4.74 Å². The number of nitrogens with zero attached hydrogens (tertiary/aromatic N) is 2. The summed E-state index contributed by atoms with van der Waals surface area (Å²) >= 11 is 1.73. The summed E-state index contributed by atoms with van der Waals surface area (Å²) in [5.74, 6) is 0.654. The van der Waals surface area contributed by atoms with Crippen LogP contribution in [0.15, 0.2) is 60.0 Å². The van der Waals surface area contributed by atoms with Crippen LogP contribution in [-0.4, -0.2) is 47.9 Å². The first kappa shape index (κ1) is 24.0. The van der Waals surface area contributed by atoms with Gasteiger partial charge in [-0.3, -0.25) is 9.59 Å². The van der Waals surface area contributed by atoms with Crippen LogP contribution in [0.5, 0.6) is 5.75 Å². The van der Waals surface area contributed by atoms with E-state index in [1.807, 2.05) is 74.2 Å². The SMILES string of the molecule is CCCN(CC(=O)N1CCc2sccc2C1COc1ccc(C)cc1)C(=O)c1ccc(C)cc1. The monoisotopic (exact) mass is 476 g/mol. The predicted octanol–water partition coefficient (Wildman–Crippen LogP) is 5.42. The molecule has 3 aromatic rings. The van der Waals surface area contributed by atoms with E-state index < -0.39 is 0 Å². The third-order valence-electron chi connectivity index (χ3n) is 6.25. The number of carbonyl (C=O) groups is 2. The van der Waals surface area contributed by atoms with Gasteiger partial charge >= 0.3 is 0 Å². The standard InChI is InChI=1S/C28H32N2O3S/c1-4-15-29(28(32)22-9-5-20(2)6-10-22)18-27(31)30-16-13-26-24(14-17-34-26)25(30)19-33-23-11-7-21(3)8-12-23/h5-12,14,17,25H,4,13,15-16,18-19H2,1-3H3. The number of carbonyl (C=O) groups excluding carboxylic acids is 2. The molecule has 0 saturated carbocycles. The lowest BCUT2D eigenvalue weighted by Gasteiger charge is -2.37. The molecule has 1 unspecified atom stereocenters. The molecule has 0 radical (unpaired) electrons. The van der Waals surface area contributed by atoms with E-state index in [2.05, 4.69) is 11.4 Å². The maximum Gasteiger partial charge on any atom is 0.254 e. The summed E-state index contributed by atoms with van der Waals surface area (Å²) in [4.78, 5) is 31.6. The normalized spacial score (nSPS) is 15.0. The Morgan fingerprint density at radius 1 is 1.03 bits per heavy atom. The van der Waals surface area contributed by atoms with Gasteiger partial charge in [0.25, 0.3) is 5.91 Å². The van der Waals surface area contributed by atoms with Crippen LogP contribution in [0.4, 0.5) is 0 Å². The van der Waals surface area contributed by atoms with Gasteiger partial charge in [0.15, 0.2) is 0 Å². The number of hydrogen-bond donors (Lipinski definition) is 0. The van der Waals surface area contributed by atoms with Gasteiger partial charge in [0, 0.05) is 23.5 Å². The summed E-state index contributed by atoms with van der Waals surface area (Å²) in [6, 6.07) is 17.4. The molecule has 2 aromatic carbocycles. The fourth-order valence-corrected chi connectivity index (χ4v) is 5.27. The topological polar surface area (TPSA) is 49.9 Å². The van der Waals surface area contributed by atoms with Crippen LogP contribution in [0.25, 0.3) is 0 Å². The van der Waals surface area contributed by atoms with Gasteiger partial charge in [0.1, 0.15) is 18.9 Å². The first-order valence-corrected chi connectivity index (χ1v) is 12.8. The fraction of sp³-hybridized carbons (Fsp3) is 0.357. The zero-order valence-electron chi connectivity index (χ0n) is 20.1. The van der Waals surface area contributed by atoms with E-state index in [9.17, 15) is 9.59 Å². The number of benzene rings is 2. The Morgan fingerprint density at radius 3 is 2.38 bits per heavy atom.